The van der Waals surface area contributed by atoms with Crippen molar-refractivity contribution in [3.8, 4) is 0 Å². The summed E-state index contributed by atoms with van der Waals surface area (Å²) < 4.78 is 5.98. The minimum Gasteiger partial charge on any atom is -0.452 e. The Morgan fingerprint density at radius 1 is 1.30 bits per heavy atom. The Hall–Kier alpha value is -2.22. The molecular formula is C17H15IN2O3. The van der Waals surface area contributed by atoms with Gasteiger partial charge in [0.15, 0.2) is 6.61 Å². The molecule has 2 rings (SSSR count). The van der Waals surface area contributed by atoms with Crippen LogP contribution in [0.2, 0.25) is 0 Å². The van der Waals surface area contributed by atoms with Crippen LogP contribution in [-0.4, -0.2) is 23.5 Å². The Kier molecular flexibility index (Phi) is 6.28. The number of pyridine rings is 1. The van der Waals surface area contributed by atoms with Crippen molar-refractivity contribution in [3.63, 3.8) is 0 Å². The van der Waals surface area contributed by atoms with E-state index in [1.165, 1.54) is 12.2 Å². The van der Waals surface area contributed by atoms with Gasteiger partial charge in [0.05, 0.1) is 5.69 Å². The summed E-state index contributed by atoms with van der Waals surface area (Å²) in [6.45, 7) is 1.57. The predicted octanol–water partition coefficient (Wildman–Crippen LogP) is 3.19. The highest BCUT2D eigenvalue weighted by atomic mass is 127. The maximum atomic E-state index is 11.8. The van der Waals surface area contributed by atoms with Gasteiger partial charge in [-0.15, -0.1) is 0 Å². The molecule has 0 aliphatic heterocycles. The zero-order valence-electron chi connectivity index (χ0n) is 12.5. The van der Waals surface area contributed by atoms with E-state index in [-0.39, 0.29) is 12.5 Å². The molecule has 23 heavy (non-hydrogen) atoms. The van der Waals surface area contributed by atoms with Gasteiger partial charge in [0.2, 0.25) is 0 Å². The first kappa shape index (κ1) is 17.1. The fourth-order valence-corrected chi connectivity index (χ4v) is 2.41. The second kappa shape index (κ2) is 8.42. The molecule has 1 heterocycles. The Bertz CT molecular complexity index is 730. The second-order valence-electron chi connectivity index (χ2n) is 4.70. The van der Waals surface area contributed by atoms with Gasteiger partial charge in [-0.25, -0.2) is 4.79 Å². The largest absolute Gasteiger partial charge is 0.452 e. The van der Waals surface area contributed by atoms with Gasteiger partial charge in [-0.1, -0.05) is 6.07 Å². The van der Waals surface area contributed by atoms with Crippen molar-refractivity contribution < 1.29 is 14.3 Å². The summed E-state index contributed by atoms with van der Waals surface area (Å²) in [6.07, 6.45) is 4.40. The summed E-state index contributed by atoms with van der Waals surface area (Å²) in [5.41, 5.74) is 2.30. The molecule has 6 heteroatoms. The molecule has 1 amide bonds. The first-order valence-corrected chi connectivity index (χ1v) is 7.94. The number of esters is 1. The first-order chi connectivity index (χ1) is 11.0. The van der Waals surface area contributed by atoms with E-state index in [2.05, 4.69) is 32.9 Å². The van der Waals surface area contributed by atoms with E-state index < -0.39 is 5.97 Å². The molecule has 118 valence electrons. The topological polar surface area (TPSA) is 68.3 Å². The number of hydrogen-bond acceptors (Lipinski definition) is 4. The van der Waals surface area contributed by atoms with Crippen LogP contribution in [0.5, 0.6) is 0 Å². The summed E-state index contributed by atoms with van der Waals surface area (Å²) in [4.78, 5) is 27.4. The molecular weight excluding hydrogens is 407 g/mol. The van der Waals surface area contributed by atoms with E-state index in [1.807, 2.05) is 31.2 Å². The summed E-state index contributed by atoms with van der Waals surface area (Å²) in [6, 6.07) is 11.0. The molecule has 0 aliphatic carbocycles. The van der Waals surface area contributed by atoms with E-state index in [0.717, 1.165) is 9.13 Å². The minimum absolute atomic E-state index is 0.336. The molecule has 0 aliphatic rings. The first-order valence-electron chi connectivity index (χ1n) is 6.86. The molecule has 0 saturated heterocycles. The molecule has 0 unspecified atom stereocenters. The SMILES string of the molecule is Cc1cc(I)ccc1NC(=O)COC(=O)/C=C/c1ccccn1. The van der Waals surface area contributed by atoms with Gasteiger partial charge in [-0.05, 0) is 71.5 Å². The van der Waals surface area contributed by atoms with Crippen LogP contribution in [0.25, 0.3) is 6.08 Å². The number of aromatic nitrogens is 1. The van der Waals surface area contributed by atoms with Crippen LogP contribution >= 0.6 is 22.6 Å². The number of nitrogens with zero attached hydrogens (tertiary/aromatic N) is 1. The fourth-order valence-electron chi connectivity index (χ4n) is 1.77. The third-order valence-corrected chi connectivity index (χ3v) is 3.56. The van der Waals surface area contributed by atoms with Crippen molar-refractivity contribution in [2.24, 2.45) is 0 Å². The molecule has 1 aromatic heterocycles. The molecule has 2 aromatic rings. The van der Waals surface area contributed by atoms with Crippen LogP contribution in [0.15, 0.2) is 48.7 Å². The third kappa shape index (κ3) is 5.82. The van der Waals surface area contributed by atoms with Crippen molar-refractivity contribution in [1.29, 1.82) is 0 Å². The molecule has 5 nitrogen and oxygen atoms in total. The number of rotatable bonds is 5. The lowest BCUT2D eigenvalue weighted by Gasteiger charge is -2.08. The highest BCUT2D eigenvalue weighted by molar-refractivity contribution is 14.1. The number of amides is 1. The lowest BCUT2D eigenvalue weighted by molar-refractivity contribution is -0.142. The minimum atomic E-state index is -0.592. The van der Waals surface area contributed by atoms with Crippen LogP contribution < -0.4 is 5.32 Å². The van der Waals surface area contributed by atoms with Crippen LogP contribution in [-0.2, 0) is 14.3 Å². The maximum Gasteiger partial charge on any atom is 0.331 e. The number of nitrogens with one attached hydrogen (secondary N) is 1. The lowest BCUT2D eigenvalue weighted by Crippen LogP contribution is -2.20. The van der Waals surface area contributed by atoms with E-state index in [1.54, 1.807) is 18.3 Å². The molecule has 1 N–H and O–H groups in total. The Morgan fingerprint density at radius 3 is 2.83 bits per heavy atom. The number of aryl methyl sites for hydroxylation is 1. The van der Waals surface area contributed by atoms with E-state index in [9.17, 15) is 9.59 Å². The third-order valence-electron chi connectivity index (χ3n) is 2.89. The van der Waals surface area contributed by atoms with Crippen molar-refractivity contribution in [2.45, 2.75) is 6.92 Å². The number of hydrogen-bond donors (Lipinski definition) is 1. The Labute approximate surface area is 147 Å². The molecule has 0 bridgehead atoms. The number of carbonyl (C=O) groups is 2. The van der Waals surface area contributed by atoms with Gasteiger partial charge in [0, 0.05) is 21.5 Å². The van der Waals surface area contributed by atoms with Crippen LogP contribution in [0.4, 0.5) is 5.69 Å². The summed E-state index contributed by atoms with van der Waals surface area (Å²) in [5.74, 6) is -0.973. The quantitative estimate of drug-likeness (QED) is 0.457. The van der Waals surface area contributed by atoms with Gasteiger partial charge in [-0.3, -0.25) is 9.78 Å². The maximum absolute atomic E-state index is 11.8. The molecule has 1 aromatic carbocycles. The molecule has 0 atom stereocenters. The Morgan fingerprint density at radius 2 is 2.13 bits per heavy atom. The highest BCUT2D eigenvalue weighted by Crippen LogP contribution is 2.17. The zero-order chi connectivity index (χ0) is 16.7. The summed E-state index contributed by atoms with van der Waals surface area (Å²) in [7, 11) is 0. The molecule has 0 radical (unpaired) electrons. The molecule has 0 saturated carbocycles. The van der Waals surface area contributed by atoms with Gasteiger partial charge in [-0.2, -0.15) is 0 Å². The van der Waals surface area contributed by atoms with Crippen molar-refractivity contribution >= 4 is 46.2 Å². The summed E-state index contributed by atoms with van der Waals surface area (Å²) in [5, 5.41) is 2.71. The monoisotopic (exact) mass is 422 g/mol. The highest BCUT2D eigenvalue weighted by Gasteiger charge is 2.07. The Balaban J connectivity index is 1.82. The van der Waals surface area contributed by atoms with E-state index in [0.29, 0.717) is 11.4 Å². The second-order valence-corrected chi connectivity index (χ2v) is 5.95. The number of carbonyl (C=O) groups excluding carboxylic acids is 2. The van der Waals surface area contributed by atoms with Crippen LogP contribution in [0, 0.1) is 10.5 Å². The van der Waals surface area contributed by atoms with Gasteiger partial charge in [0.1, 0.15) is 0 Å². The number of benzene rings is 1. The van der Waals surface area contributed by atoms with Crippen molar-refractivity contribution in [1.82, 2.24) is 4.98 Å². The number of ether oxygens (including phenoxy) is 1. The number of anilines is 1. The van der Waals surface area contributed by atoms with Crippen LogP contribution in [0.3, 0.4) is 0 Å². The van der Waals surface area contributed by atoms with Gasteiger partial charge < -0.3 is 10.1 Å². The van der Waals surface area contributed by atoms with Crippen molar-refractivity contribution in [3.05, 3.63) is 63.5 Å². The van der Waals surface area contributed by atoms with Crippen molar-refractivity contribution in [2.75, 3.05) is 11.9 Å². The average molecular weight is 422 g/mol. The zero-order valence-corrected chi connectivity index (χ0v) is 14.6. The van der Waals surface area contributed by atoms with Gasteiger partial charge in [0.25, 0.3) is 5.91 Å². The van der Waals surface area contributed by atoms with Gasteiger partial charge >= 0.3 is 5.97 Å². The van der Waals surface area contributed by atoms with E-state index >= 15 is 0 Å². The van der Waals surface area contributed by atoms with Crippen LogP contribution in [0.1, 0.15) is 11.3 Å². The lowest BCUT2D eigenvalue weighted by atomic mass is 10.2. The average Bonchev–Trinajstić information content (AvgIpc) is 2.54. The normalized spacial score (nSPS) is 10.5. The molecule has 0 fully saturated rings. The fraction of sp³-hybridized carbons (Fsp3) is 0.118. The number of halogens is 1. The summed E-state index contributed by atoms with van der Waals surface area (Å²) >= 11 is 2.20. The van der Waals surface area contributed by atoms with E-state index in [4.69, 9.17) is 4.74 Å². The standard InChI is InChI=1S/C17H15IN2O3/c1-12-10-13(18)5-7-15(12)20-16(21)11-23-17(22)8-6-14-4-2-3-9-19-14/h2-10H,11H2,1H3,(H,20,21)/b8-6+. The predicted molar refractivity (Wildman–Crippen MR) is 96.8 cm³/mol. The molecule has 0 spiro atoms. The smallest absolute Gasteiger partial charge is 0.331 e.